The second-order valence-electron chi connectivity index (χ2n) is 4.76. The minimum Gasteiger partial charge on any atom is -0.308 e. The highest BCUT2D eigenvalue weighted by Gasteiger charge is 2.20. The monoisotopic (exact) mass is 262 g/mol. The molecule has 4 nitrogen and oxygen atoms in total. The van der Waals surface area contributed by atoms with Crippen LogP contribution in [0.3, 0.4) is 0 Å². The molecule has 0 spiro atoms. The summed E-state index contributed by atoms with van der Waals surface area (Å²) in [5, 5.41) is 12.4. The van der Waals surface area contributed by atoms with Gasteiger partial charge in [0.1, 0.15) is 0 Å². The number of aryl methyl sites for hydroxylation is 1. The van der Waals surface area contributed by atoms with Crippen LogP contribution in [0.2, 0.25) is 5.02 Å². The van der Waals surface area contributed by atoms with Gasteiger partial charge in [0, 0.05) is 12.6 Å². The van der Waals surface area contributed by atoms with Gasteiger partial charge in [-0.25, -0.2) is 4.68 Å². The first-order valence-corrected chi connectivity index (χ1v) is 6.51. The van der Waals surface area contributed by atoms with Crippen LogP contribution in [0.1, 0.15) is 24.1 Å². The van der Waals surface area contributed by atoms with Crippen molar-refractivity contribution in [2.75, 3.05) is 0 Å². The molecule has 0 saturated heterocycles. The van der Waals surface area contributed by atoms with E-state index in [9.17, 15) is 0 Å². The Morgan fingerprint density at radius 3 is 3.06 bits per heavy atom. The smallest absolute Gasteiger partial charge is 0.0969 e. The lowest BCUT2D eigenvalue weighted by molar-refractivity contribution is 0.671. The first-order chi connectivity index (χ1) is 8.72. The zero-order valence-electron chi connectivity index (χ0n) is 10.2. The molecule has 18 heavy (non-hydrogen) atoms. The summed E-state index contributed by atoms with van der Waals surface area (Å²) in [7, 11) is 0. The van der Waals surface area contributed by atoms with E-state index < -0.39 is 0 Å². The summed E-state index contributed by atoms with van der Waals surface area (Å²) in [6, 6.07) is 6.56. The molecule has 1 aromatic carbocycles. The van der Waals surface area contributed by atoms with E-state index in [-0.39, 0.29) is 0 Å². The fourth-order valence-corrected chi connectivity index (χ4v) is 2.04. The third-order valence-corrected chi connectivity index (χ3v) is 3.36. The van der Waals surface area contributed by atoms with Crippen LogP contribution < -0.4 is 5.32 Å². The number of hydrogen-bond acceptors (Lipinski definition) is 3. The summed E-state index contributed by atoms with van der Waals surface area (Å²) in [4.78, 5) is 0. The lowest BCUT2D eigenvalue weighted by Gasteiger charge is -2.04. The van der Waals surface area contributed by atoms with Crippen molar-refractivity contribution in [2.45, 2.75) is 32.4 Å². The molecule has 3 rings (SSSR count). The third-order valence-electron chi connectivity index (χ3n) is 3.04. The normalized spacial score (nSPS) is 15.0. The molecule has 1 aromatic heterocycles. The Morgan fingerprint density at radius 1 is 1.44 bits per heavy atom. The van der Waals surface area contributed by atoms with Gasteiger partial charge in [0.15, 0.2) is 0 Å². The average Bonchev–Trinajstić information content (AvgIpc) is 3.08. The van der Waals surface area contributed by atoms with Gasteiger partial charge in [-0.3, -0.25) is 0 Å². The lowest BCUT2D eigenvalue weighted by atomic mass is 10.2. The second kappa shape index (κ2) is 4.71. The molecular weight excluding hydrogens is 248 g/mol. The number of benzene rings is 1. The van der Waals surface area contributed by atoms with Crippen LogP contribution in [0, 0.1) is 6.92 Å². The predicted molar refractivity (Wildman–Crippen MR) is 71.0 cm³/mol. The van der Waals surface area contributed by atoms with Crippen LogP contribution in [0.5, 0.6) is 0 Å². The molecule has 0 radical (unpaired) electrons. The maximum atomic E-state index is 6.17. The first-order valence-electron chi connectivity index (χ1n) is 6.13. The highest BCUT2D eigenvalue weighted by Crippen LogP contribution is 2.21. The molecular formula is C13H15ClN4. The van der Waals surface area contributed by atoms with Gasteiger partial charge in [-0.15, -0.1) is 5.10 Å². The summed E-state index contributed by atoms with van der Waals surface area (Å²) < 4.78 is 1.74. The average molecular weight is 263 g/mol. The molecule has 1 N–H and O–H groups in total. The van der Waals surface area contributed by atoms with E-state index in [1.54, 1.807) is 4.68 Å². The molecule has 0 bridgehead atoms. The summed E-state index contributed by atoms with van der Waals surface area (Å²) >= 11 is 6.17. The molecule has 0 unspecified atom stereocenters. The van der Waals surface area contributed by atoms with E-state index in [1.807, 2.05) is 31.3 Å². The molecule has 0 atom stereocenters. The Bertz CT molecular complexity index is 560. The number of halogens is 1. The van der Waals surface area contributed by atoms with E-state index in [1.165, 1.54) is 12.8 Å². The molecule has 0 aliphatic heterocycles. The van der Waals surface area contributed by atoms with E-state index in [0.29, 0.717) is 11.1 Å². The van der Waals surface area contributed by atoms with Crippen molar-refractivity contribution in [3.8, 4) is 5.69 Å². The Labute approximate surface area is 111 Å². The highest BCUT2D eigenvalue weighted by atomic mass is 35.5. The zero-order chi connectivity index (χ0) is 12.5. The lowest BCUT2D eigenvalue weighted by Crippen LogP contribution is -2.15. The van der Waals surface area contributed by atoms with Gasteiger partial charge in [0.25, 0.3) is 0 Å². The van der Waals surface area contributed by atoms with Gasteiger partial charge >= 0.3 is 0 Å². The van der Waals surface area contributed by atoms with Crippen molar-refractivity contribution in [1.82, 2.24) is 20.3 Å². The Balaban J connectivity index is 1.80. The first kappa shape index (κ1) is 11.7. The Morgan fingerprint density at radius 2 is 2.28 bits per heavy atom. The fraction of sp³-hybridized carbons (Fsp3) is 0.385. The van der Waals surface area contributed by atoms with E-state index in [4.69, 9.17) is 11.6 Å². The largest absolute Gasteiger partial charge is 0.308 e. The van der Waals surface area contributed by atoms with Crippen molar-refractivity contribution < 1.29 is 0 Å². The molecule has 94 valence electrons. The number of nitrogens with zero attached hydrogens (tertiary/aromatic N) is 3. The molecule has 1 heterocycles. The van der Waals surface area contributed by atoms with E-state index in [0.717, 1.165) is 23.5 Å². The maximum Gasteiger partial charge on any atom is 0.0969 e. The van der Waals surface area contributed by atoms with Crippen LogP contribution in [0.25, 0.3) is 5.69 Å². The van der Waals surface area contributed by atoms with Gasteiger partial charge in [-0.1, -0.05) is 22.9 Å². The molecule has 1 aliphatic rings. The van der Waals surface area contributed by atoms with E-state index in [2.05, 4.69) is 15.6 Å². The van der Waals surface area contributed by atoms with Gasteiger partial charge < -0.3 is 5.32 Å². The number of aromatic nitrogens is 3. The van der Waals surface area contributed by atoms with Crippen LogP contribution in [-0.2, 0) is 6.54 Å². The Hall–Kier alpha value is -1.39. The minimum absolute atomic E-state index is 0.678. The standard InChI is InChI=1S/C13H15ClN4/c1-9-2-5-12(14)13(6-9)18-8-11(16-17-18)7-15-10-3-4-10/h2,5-6,8,10,15H,3-4,7H2,1H3. The van der Waals surface area contributed by atoms with Crippen LogP contribution in [0.15, 0.2) is 24.4 Å². The quantitative estimate of drug-likeness (QED) is 0.921. The van der Waals surface area contributed by atoms with Crippen molar-refractivity contribution in [3.05, 3.63) is 40.7 Å². The van der Waals surface area contributed by atoms with Crippen LogP contribution in [0.4, 0.5) is 0 Å². The molecule has 1 saturated carbocycles. The van der Waals surface area contributed by atoms with Crippen molar-refractivity contribution >= 4 is 11.6 Å². The highest BCUT2D eigenvalue weighted by molar-refractivity contribution is 6.32. The molecule has 0 amide bonds. The van der Waals surface area contributed by atoms with Crippen LogP contribution >= 0.6 is 11.6 Å². The summed E-state index contributed by atoms with van der Waals surface area (Å²) in [5.74, 6) is 0. The fourth-order valence-electron chi connectivity index (χ4n) is 1.83. The van der Waals surface area contributed by atoms with E-state index >= 15 is 0 Å². The summed E-state index contributed by atoms with van der Waals surface area (Å²) in [6.07, 6.45) is 4.48. The maximum absolute atomic E-state index is 6.17. The second-order valence-corrected chi connectivity index (χ2v) is 5.17. The van der Waals surface area contributed by atoms with Crippen molar-refractivity contribution in [3.63, 3.8) is 0 Å². The Kier molecular flexibility index (Phi) is 3.06. The van der Waals surface area contributed by atoms with Crippen molar-refractivity contribution in [2.24, 2.45) is 0 Å². The van der Waals surface area contributed by atoms with Gasteiger partial charge in [-0.2, -0.15) is 0 Å². The van der Waals surface area contributed by atoms with Gasteiger partial charge in [0.2, 0.25) is 0 Å². The molecule has 1 fully saturated rings. The summed E-state index contributed by atoms with van der Waals surface area (Å²) in [5.41, 5.74) is 2.98. The van der Waals surface area contributed by atoms with Crippen molar-refractivity contribution in [1.29, 1.82) is 0 Å². The zero-order valence-corrected chi connectivity index (χ0v) is 11.0. The summed E-state index contributed by atoms with van der Waals surface area (Å²) in [6.45, 7) is 2.81. The predicted octanol–water partition coefficient (Wildman–Crippen LogP) is 2.48. The SMILES string of the molecule is Cc1ccc(Cl)c(-n2cc(CNC3CC3)nn2)c1. The number of nitrogens with one attached hydrogen (secondary N) is 1. The molecule has 5 heteroatoms. The number of rotatable bonds is 4. The van der Waals surface area contributed by atoms with Gasteiger partial charge in [0.05, 0.1) is 22.6 Å². The van der Waals surface area contributed by atoms with Gasteiger partial charge in [-0.05, 0) is 37.5 Å². The third kappa shape index (κ3) is 2.54. The minimum atomic E-state index is 0.678. The number of hydrogen-bond donors (Lipinski definition) is 1. The topological polar surface area (TPSA) is 42.7 Å². The molecule has 2 aromatic rings. The van der Waals surface area contributed by atoms with Crippen LogP contribution in [-0.4, -0.2) is 21.0 Å². The molecule has 1 aliphatic carbocycles.